The maximum Gasteiger partial charge on any atom is 0.0628 e. The third-order valence-electron chi connectivity index (χ3n) is 21.8. The fourth-order valence-electron chi connectivity index (χ4n) is 18.7. The molecule has 1 saturated heterocycles. The Bertz CT molecular complexity index is 2370. The van der Waals surface area contributed by atoms with Gasteiger partial charge in [0.05, 0.1) is 18.5 Å². The van der Waals surface area contributed by atoms with E-state index in [1.165, 1.54) is 141 Å². The standard InChI is InChI=1S/C65H83N3/c1-2-14-40(15-3-1)63-66-64(47-22-10-18-43(38-47)41-16-8-20-45(36-41)49-32-34-59-53-26-6-4-24-51(53)57-30-12-28-55(49)61(57)59)68-65(67-63)48-23-11-19-44(39-48)42-17-9-21-46(37-42)50-33-35-60-54-27-7-5-25-52(54)58-31-13-29-56(50)62(58)60/h4,7-8,12,16,19,24,27-28,31-37,40,43,45-48,50-54,56-57,60,62-68H,1-3,5-6,9-11,13-15,17-18,20-23,25-26,29-30,38-39H2. The highest BCUT2D eigenvalue weighted by Gasteiger charge is 2.53. The Morgan fingerprint density at radius 2 is 1.28 bits per heavy atom. The number of nitrogens with one attached hydrogen (secondary N) is 3. The van der Waals surface area contributed by atoms with Gasteiger partial charge >= 0.3 is 0 Å². The van der Waals surface area contributed by atoms with E-state index in [0.29, 0.717) is 59.9 Å². The van der Waals surface area contributed by atoms with Crippen LogP contribution in [0.1, 0.15) is 188 Å². The van der Waals surface area contributed by atoms with Crippen LogP contribution in [0.5, 0.6) is 0 Å². The fourth-order valence-corrected chi connectivity index (χ4v) is 18.7. The molecule has 12 aliphatic carbocycles. The molecule has 0 spiro atoms. The molecule has 3 N–H and O–H groups in total. The first kappa shape index (κ1) is 43.5. The van der Waals surface area contributed by atoms with E-state index < -0.39 is 0 Å². The molecule has 3 saturated carbocycles. The zero-order valence-corrected chi connectivity index (χ0v) is 41.4. The molecule has 358 valence electrons. The molecule has 3 nitrogen and oxygen atoms in total. The largest absolute Gasteiger partial charge is 0.286 e. The van der Waals surface area contributed by atoms with E-state index in [-0.39, 0.29) is 0 Å². The van der Waals surface area contributed by atoms with Crippen LogP contribution in [-0.4, -0.2) is 18.5 Å². The summed E-state index contributed by atoms with van der Waals surface area (Å²) < 4.78 is 0. The van der Waals surface area contributed by atoms with Crippen LogP contribution in [0.15, 0.2) is 113 Å². The molecule has 13 aliphatic rings. The topological polar surface area (TPSA) is 36.1 Å². The summed E-state index contributed by atoms with van der Waals surface area (Å²) in [7, 11) is 0. The van der Waals surface area contributed by atoms with Gasteiger partial charge in [0.15, 0.2) is 0 Å². The smallest absolute Gasteiger partial charge is 0.0628 e. The van der Waals surface area contributed by atoms with E-state index in [1.54, 1.807) is 39.0 Å². The molecule has 0 bridgehead atoms. The Morgan fingerprint density at radius 3 is 2.19 bits per heavy atom. The highest BCUT2D eigenvalue weighted by atomic mass is 15.4. The SMILES string of the molecule is C1=CC2C(CC1)C1=CCCC3C(C4C=C(C5=CCCC(C6NC(C7CCCCC7)NC(C7CCCC(C8=CC(c9ccc%10c%11c9C=CCC%11C9C=CCCC%109)CC=C8)C7)N6)C5)CCC4)C=CC2C13. The Labute approximate surface area is 410 Å². The molecule has 17 unspecified atom stereocenters. The molecule has 0 radical (unpaired) electrons. The normalized spacial score (nSPS) is 43.7. The minimum atomic E-state index is 0.383. The van der Waals surface area contributed by atoms with Crippen LogP contribution in [0.25, 0.3) is 6.08 Å². The lowest BCUT2D eigenvalue weighted by molar-refractivity contribution is 0.0612. The van der Waals surface area contributed by atoms with Gasteiger partial charge in [0.2, 0.25) is 0 Å². The molecule has 4 fully saturated rings. The van der Waals surface area contributed by atoms with E-state index in [9.17, 15) is 0 Å². The first-order valence-electron chi connectivity index (χ1n) is 29.3. The minimum absolute atomic E-state index is 0.383. The number of rotatable bonds is 7. The molecule has 1 aliphatic heterocycles. The van der Waals surface area contributed by atoms with Crippen molar-refractivity contribution in [3.05, 3.63) is 136 Å². The van der Waals surface area contributed by atoms with Crippen LogP contribution in [0.3, 0.4) is 0 Å². The number of fused-ring (bicyclic) bond motifs is 6. The molecule has 1 aromatic rings. The van der Waals surface area contributed by atoms with E-state index in [0.717, 1.165) is 53.8 Å². The zero-order valence-electron chi connectivity index (χ0n) is 41.4. The molecule has 3 heteroatoms. The second-order valence-electron chi connectivity index (χ2n) is 25.1. The zero-order chi connectivity index (χ0) is 44.7. The average molecular weight is 906 g/mol. The Kier molecular flexibility index (Phi) is 11.8. The lowest BCUT2D eigenvalue weighted by Crippen LogP contribution is -2.72. The van der Waals surface area contributed by atoms with Crippen LogP contribution in [0.2, 0.25) is 0 Å². The Hall–Kier alpha value is -3.24. The number of hydrogen-bond acceptors (Lipinski definition) is 3. The van der Waals surface area contributed by atoms with Crippen molar-refractivity contribution in [1.29, 1.82) is 0 Å². The van der Waals surface area contributed by atoms with E-state index in [1.807, 2.05) is 5.57 Å². The number of hydrogen-bond donors (Lipinski definition) is 3. The highest BCUT2D eigenvalue weighted by Crippen LogP contribution is 2.61. The molecule has 0 amide bonds. The third kappa shape index (κ3) is 7.66. The predicted octanol–water partition coefficient (Wildman–Crippen LogP) is 15.2. The van der Waals surface area contributed by atoms with Crippen LogP contribution in [0, 0.1) is 71.0 Å². The summed E-state index contributed by atoms with van der Waals surface area (Å²) in [5.74, 6) is 10.8. The second kappa shape index (κ2) is 18.4. The van der Waals surface area contributed by atoms with E-state index >= 15 is 0 Å². The fraction of sp³-hybridized carbons (Fsp3) is 0.631. The van der Waals surface area contributed by atoms with Gasteiger partial charge in [-0.2, -0.15) is 0 Å². The van der Waals surface area contributed by atoms with Gasteiger partial charge in [-0.05, 0) is 244 Å². The third-order valence-corrected chi connectivity index (χ3v) is 21.8. The monoisotopic (exact) mass is 906 g/mol. The quantitative estimate of drug-likeness (QED) is 0.239. The van der Waals surface area contributed by atoms with Crippen LogP contribution >= 0.6 is 0 Å². The van der Waals surface area contributed by atoms with Gasteiger partial charge < -0.3 is 0 Å². The summed E-state index contributed by atoms with van der Waals surface area (Å²) in [5.41, 5.74) is 13.6. The lowest BCUT2D eigenvalue weighted by atomic mass is 9.61. The van der Waals surface area contributed by atoms with E-state index in [4.69, 9.17) is 0 Å². The molecular formula is C65H83N3. The first-order chi connectivity index (χ1) is 33.7. The molecular weight excluding hydrogens is 823 g/mol. The van der Waals surface area contributed by atoms with Gasteiger partial charge in [-0.1, -0.05) is 128 Å². The molecule has 68 heavy (non-hydrogen) atoms. The number of benzene rings is 1. The maximum absolute atomic E-state index is 4.40. The van der Waals surface area contributed by atoms with Crippen molar-refractivity contribution >= 4 is 6.08 Å². The lowest BCUT2D eigenvalue weighted by Gasteiger charge is -2.49. The van der Waals surface area contributed by atoms with Gasteiger partial charge in [0.25, 0.3) is 0 Å². The van der Waals surface area contributed by atoms with E-state index in [2.05, 4.69) is 113 Å². The van der Waals surface area contributed by atoms with Gasteiger partial charge in [0, 0.05) is 5.92 Å². The summed E-state index contributed by atoms with van der Waals surface area (Å²) in [4.78, 5) is 0. The molecule has 0 aromatic heterocycles. The highest BCUT2D eigenvalue weighted by molar-refractivity contribution is 5.68. The van der Waals surface area contributed by atoms with Crippen LogP contribution in [0.4, 0.5) is 0 Å². The van der Waals surface area contributed by atoms with Crippen molar-refractivity contribution < 1.29 is 0 Å². The Morgan fingerprint density at radius 1 is 0.500 bits per heavy atom. The summed E-state index contributed by atoms with van der Waals surface area (Å²) in [6.45, 7) is 0. The van der Waals surface area contributed by atoms with Crippen molar-refractivity contribution in [3.8, 4) is 0 Å². The molecule has 1 aromatic carbocycles. The summed E-state index contributed by atoms with van der Waals surface area (Å²) in [6, 6.07) is 5.15. The molecule has 17 atom stereocenters. The van der Waals surface area contributed by atoms with Gasteiger partial charge in [-0.15, -0.1) is 0 Å². The molecule has 14 rings (SSSR count). The average Bonchev–Trinajstić information content (AvgIpc) is 3.93. The van der Waals surface area contributed by atoms with Crippen molar-refractivity contribution in [3.63, 3.8) is 0 Å². The Balaban J connectivity index is 0.682. The van der Waals surface area contributed by atoms with Crippen molar-refractivity contribution in [1.82, 2.24) is 16.0 Å². The maximum atomic E-state index is 4.40. The van der Waals surface area contributed by atoms with Gasteiger partial charge in [-0.25, -0.2) is 0 Å². The van der Waals surface area contributed by atoms with Crippen LogP contribution < -0.4 is 16.0 Å². The van der Waals surface area contributed by atoms with Crippen molar-refractivity contribution in [2.75, 3.05) is 0 Å². The summed E-state index contributed by atoms with van der Waals surface area (Å²) in [5, 5.41) is 13.1. The van der Waals surface area contributed by atoms with Crippen LogP contribution in [-0.2, 0) is 0 Å². The second-order valence-corrected chi connectivity index (χ2v) is 25.1. The van der Waals surface area contributed by atoms with Crippen molar-refractivity contribution in [2.24, 2.45) is 71.0 Å². The first-order valence-corrected chi connectivity index (χ1v) is 29.3. The van der Waals surface area contributed by atoms with Crippen molar-refractivity contribution in [2.45, 2.75) is 184 Å². The number of allylic oxidation sites excluding steroid dienone is 17. The predicted molar refractivity (Wildman–Crippen MR) is 281 cm³/mol. The molecule has 1 heterocycles. The van der Waals surface area contributed by atoms with Gasteiger partial charge in [0.1, 0.15) is 0 Å². The summed E-state index contributed by atoms with van der Waals surface area (Å²) >= 11 is 0. The minimum Gasteiger partial charge on any atom is -0.286 e. The van der Waals surface area contributed by atoms with Gasteiger partial charge in [-0.3, -0.25) is 16.0 Å². The summed E-state index contributed by atoms with van der Waals surface area (Å²) in [6.07, 6.45) is 68.6.